The first-order valence-electron chi connectivity index (χ1n) is 7.94. The quantitative estimate of drug-likeness (QED) is 0.942. The summed E-state index contributed by atoms with van der Waals surface area (Å²) in [6.07, 6.45) is 3.71. The number of rotatable bonds is 3. The van der Waals surface area contributed by atoms with Crippen LogP contribution in [-0.4, -0.2) is 35.3 Å². The lowest BCUT2D eigenvalue weighted by Crippen LogP contribution is -2.43. The molecule has 0 bridgehead atoms. The lowest BCUT2D eigenvalue weighted by molar-refractivity contribution is 0.574. The predicted octanol–water partition coefficient (Wildman–Crippen LogP) is 1.94. The Morgan fingerprint density at radius 3 is 2.45 bits per heavy atom. The van der Waals surface area contributed by atoms with Crippen molar-refractivity contribution in [1.29, 1.82) is 0 Å². The standard InChI is InChI=1S/C17H24N4O/c1-13(2)20-10-11-21(17(20)22)16-5-4-15(12-14(16)3)19-8-6-18-7-9-19/h4-5,10-13,18H,6-9H2,1-3H3. The van der Waals surface area contributed by atoms with Gasteiger partial charge in [-0.2, -0.15) is 0 Å². The summed E-state index contributed by atoms with van der Waals surface area (Å²) in [5.74, 6) is 0. The van der Waals surface area contributed by atoms with Gasteiger partial charge in [-0.15, -0.1) is 0 Å². The molecule has 5 heteroatoms. The van der Waals surface area contributed by atoms with Crippen LogP contribution in [0.15, 0.2) is 35.4 Å². The first-order valence-corrected chi connectivity index (χ1v) is 7.94. The zero-order valence-electron chi connectivity index (χ0n) is 13.5. The molecule has 118 valence electrons. The van der Waals surface area contributed by atoms with Crippen LogP contribution in [0.4, 0.5) is 5.69 Å². The Kier molecular flexibility index (Phi) is 4.07. The summed E-state index contributed by atoms with van der Waals surface area (Å²) in [6, 6.07) is 6.53. The van der Waals surface area contributed by atoms with Crippen molar-refractivity contribution < 1.29 is 0 Å². The SMILES string of the molecule is Cc1cc(N2CCNCC2)ccc1-n1ccn(C(C)C)c1=O. The number of aromatic nitrogens is 2. The molecule has 1 saturated heterocycles. The first-order chi connectivity index (χ1) is 10.6. The normalized spacial score (nSPS) is 15.5. The molecule has 0 aliphatic carbocycles. The fraction of sp³-hybridized carbons (Fsp3) is 0.471. The van der Waals surface area contributed by atoms with E-state index >= 15 is 0 Å². The minimum atomic E-state index is 0.0213. The van der Waals surface area contributed by atoms with Crippen molar-refractivity contribution in [3.05, 3.63) is 46.6 Å². The second kappa shape index (κ2) is 6.01. The monoisotopic (exact) mass is 300 g/mol. The van der Waals surface area contributed by atoms with Gasteiger partial charge in [0, 0.05) is 50.3 Å². The van der Waals surface area contributed by atoms with E-state index in [1.54, 1.807) is 9.13 Å². The van der Waals surface area contributed by atoms with Gasteiger partial charge in [-0.1, -0.05) is 0 Å². The van der Waals surface area contributed by atoms with Gasteiger partial charge in [-0.3, -0.25) is 9.13 Å². The molecule has 1 aliphatic rings. The summed E-state index contributed by atoms with van der Waals surface area (Å²) in [4.78, 5) is 14.8. The Bertz CT molecular complexity index is 708. The van der Waals surface area contributed by atoms with Gasteiger partial charge in [-0.05, 0) is 44.5 Å². The van der Waals surface area contributed by atoms with Crippen LogP contribution in [0.2, 0.25) is 0 Å². The van der Waals surface area contributed by atoms with Crippen molar-refractivity contribution in [2.45, 2.75) is 26.8 Å². The zero-order chi connectivity index (χ0) is 15.7. The zero-order valence-corrected chi connectivity index (χ0v) is 13.5. The average molecular weight is 300 g/mol. The highest BCUT2D eigenvalue weighted by molar-refractivity contribution is 5.55. The number of nitrogens with one attached hydrogen (secondary N) is 1. The number of benzene rings is 1. The summed E-state index contributed by atoms with van der Waals surface area (Å²) < 4.78 is 3.49. The molecule has 1 fully saturated rings. The van der Waals surface area contributed by atoms with Crippen LogP contribution in [0.5, 0.6) is 0 Å². The molecule has 2 heterocycles. The van der Waals surface area contributed by atoms with E-state index in [0.717, 1.165) is 37.4 Å². The number of aryl methyl sites for hydroxylation is 1. The number of anilines is 1. The predicted molar refractivity (Wildman–Crippen MR) is 90.2 cm³/mol. The van der Waals surface area contributed by atoms with Crippen molar-refractivity contribution in [3.63, 3.8) is 0 Å². The lowest BCUT2D eigenvalue weighted by Gasteiger charge is -2.30. The van der Waals surface area contributed by atoms with Crippen LogP contribution >= 0.6 is 0 Å². The molecule has 0 unspecified atom stereocenters. The van der Waals surface area contributed by atoms with Crippen molar-refractivity contribution in [2.24, 2.45) is 0 Å². The number of imidazole rings is 1. The molecule has 1 N–H and O–H groups in total. The Balaban J connectivity index is 1.94. The molecule has 0 radical (unpaired) electrons. The molecule has 2 aromatic rings. The second-order valence-corrected chi connectivity index (χ2v) is 6.16. The number of hydrogen-bond donors (Lipinski definition) is 1. The smallest absolute Gasteiger partial charge is 0.332 e. The van der Waals surface area contributed by atoms with Crippen molar-refractivity contribution in [1.82, 2.24) is 14.5 Å². The molecule has 0 spiro atoms. The van der Waals surface area contributed by atoms with E-state index in [-0.39, 0.29) is 11.7 Å². The molecule has 1 aromatic heterocycles. The minimum absolute atomic E-state index is 0.0213. The summed E-state index contributed by atoms with van der Waals surface area (Å²) in [7, 11) is 0. The summed E-state index contributed by atoms with van der Waals surface area (Å²) in [5, 5.41) is 3.37. The van der Waals surface area contributed by atoms with Gasteiger partial charge in [0.1, 0.15) is 0 Å². The molecule has 1 aliphatic heterocycles. The van der Waals surface area contributed by atoms with E-state index < -0.39 is 0 Å². The van der Waals surface area contributed by atoms with Gasteiger partial charge < -0.3 is 10.2 Å². The third kappa shape index (κ3) is 2.68. The van der Waals surface area contributed by atoms with E-state index in [4.69, 9.17) is 0 Å². The fourth-order valence-electron chi connectivity index (χ4n) is 3.00. The van der Waals surface area contributed by atoms with E-state index in [1.165, 1.54) is 5.69 Å². The Labute approximate surface area is 131 Å². The minimum Gasteiger partial charge on any atom is -0.369 e. The Morgan fingerprint density at radius 1 is 1.14 bits per heavy atom. The van der Waals surface area contributed by atoms with E-state index in [1.807, 2.05) is 26.2 Å². The number of hydrogen-bond acceptors (Lipinski definition) is 3. The van der Waals surface area contributed by atoms with Crippen molar-refractivity contribution >= 4 is 5.69 Å². The second-order valence-electron chi connectivity index (χ2n) is 6.16. The van der Waals surface area contributed by atoms with Gasteiger partial charge in [-0.25, -0.2) is 4.79 Å². The van der Waals surface area contributed by atoms with Crippen LogP contribution in [0.1, 0.15) is 25.5 Å². The summed E-state index contributed by atoms with van der Waals surface area (Å²) in [6.45, 7) is 10.2. The van der Waals surface area contributed by atoms with Crippen LogP contribution in [0, 0.1) is 6.92 Å². The highest BCUT2D eigenvalue weighted by atomic mass is 16.1. The molecule has 3 rings (SSSR count). The molecule has 5 nitrogen and oxygen atoms in total. The maximum atomic E-state index is 12.5. The van der Waals surface area contributed by atoms with Crippen LogP contribution in [-0.2, 0) is 0 Å². The molecule has 0 saturated carbocycles. The van der Waals surface area contributed by atoms with Crippen molar-refractivity contribution in [3.8, 4) is 5.69 Å². The van der Waals surface area contributed by atoms with E-state index in [0.29, 0.717) is 0 Å². The molecular formula is C17H24N4O. The molecule has 0 atom stereocenters. The molecule has 1 aromatic carbocycles. The number of piperazine rings is 1. The van der Waals surface area contributed by atoms with Crippen LogP contribution in [0.3, 0.4) is 0 Å². The van der Waals surface area contributed by atoms with Gasteiger partial charge in [0.15, 0.2) is 0 Å². The molecular weight excluding hydrogens is 276 g/mol. The topological polar surface area (TPSA) is 42.2 Å². The van der Waals surface area contributed by atoms with Crippen LogP contribution < -0.4 is 15.9 Å². The Morgan fingerprint density at radius 2 is 1.86 bits per heavy atom. The van der Waals surface area contributed by atoms with Crippen molar-refractivity contribution in [2.75, 3.05) is 31.1 Å². The first kappa shape index (κ1) is 14.9. The van der Waals surface area contributed by atoms with Gasteiger partial charge >= 0.3 is 5.69 Å². The van der Waals surface area contributed by atoms with Crippen LogP contribution in [0.25, 0.3) is 5.69 Å². The lowest BCUT2D eigenvalue weighted by atomic mass is 10.1. The maximum absolute atomic E-state index is 12.5. The largest absolute Gasteiger partial charge is 0.369 e. The Hall–Kier alpha value is -2.01. The summed E-state index contributed by atoms with van der Waals surface area (Å²) in [5.41, 5.74) is 3.34. The third-order valence-corrected chi connectivity index (χ3v) is 4.28. The van der Waals surface area contributed by atoms with E-state index in [9.17, 15) is 4.79 Å². The fourth-order valence-corrected chi connectivity index (χ4v) is 3.00. The highest BCUT2D eigenvalue weighted by Gasteiger charge is 2.13. The highest BCUT2D eigenvalue weighted by Crippen LogP contribution is 2.21. The van der Waals surface area contributed by atoms with E-state index in [2.05, 4.69) is 35.3 Å². The number of nitrogens with zero attached hydrogens (tertiary/aromatic N) is 3. The summed E-state index contributed by atoms with van der Waals surface area (Å²) >= 11 is 0. The molecule has 22 heavy (non-hydrogen) atoms. The van der Waals surface area contributed by atoms with Gasteiger partial charge in [0.2, 0.25) is 0 Å². The average Bonchev–Trinajstić information content (AvgIpc) is 2.90. The van der Waals surface area contributed by atoms with Gasteiger partial charge in [0.05, 0.1) is 5.69 Å². The van der Waals surface area contributed by atoms with Gasteiger partial charge in [0.25, 0.3) is 0 Å². The molecule has 0 amide bonds. The third-order valence-electron chi connectivity index (χ3n) is 4.28. The maximum Gasteiger partial charge on any atom is 0.332 e.